The van der Waals surface area contributed by atoms with Gasteiger partial charge in [0.2, 0.25) is 5.91 Å². The maximum atomic E-state index is 12.1. The zero-order valence-electron chi connectivity index (χ0n) is 14.2. The lowest BCUT2D eigenvalue weighted by molar-refractivity contribution is -0.127. The van der Waals surface area contributed by atoms with Gasteiger partial charge >= 0.3 is 0 Å². The van der Waals surface area contributed by atoms with Crippen LogP contribution in [0.2, 0.25) is 0 Å². The van der Waals surface area contributed by atoms with Crippen LogP contribution in [0.3, 0.4) is 0 Å². The van der Waals surface area contributed by atoms with E-state index >= 15 is 0 Å². The van der Waals surface area contributed by atoms with Crippen molar-refractivity contribution in [1.82, 2.24) is 4.90 Å². The summed E-state index contributed by atoms with van der Waals surface area (Å²) in [5.41, 5.74) is 2.67. The van der Waals surface area contributed by atoms with Crippen LogP contribution in [-0.2, 0) is 16.0 Å². The largest absolute Gasteiger partial charge is 0.325 e. The highest BCUT2D eigenvalue weighted by atomic mass is 32.2. The predicted molar refractivity (Wildman–Crippen MR) is 96.8 cm³/mol. The lowest BCUT2D eigenvalue weighted by Gasteiger charge is -2.13. The lowest BCUT2D eigenvalue weighted by atomic mass is 10.1. The van der Waals surface area contributed by atoms with Gasteiger partial charge < -0.3 is 5.32 Å². The molecule has 1 aliphatic rings. The molecule has 1 aromatic rings. The number of amides is 3. The van der Waals surface area contributed by atoms with Crippen molar-refractivity contribution >= 4 is 34.5 Å². The van der Waals surface area contributed by atoms with Gasteiger partial charge in [0.05, 0.1) is 4.91 Å². The van der Waals surface area contributed by atoms with Crippen molar-refractivity contribution in [3.8, 4) is 0 Å². The molecule has 1 aromatic carbocycles. The molecular formula is C18H22N2O3S. The summed E-state index contributed by atoms with van der Waals surface area (Å²) in [5.74, 6) is -0.774. The first-order valence-corrected chi connectivity index (χ1v) is 8.84. The zero-order valence-corrected chi connectivity index (χ0v) is 15.0. The van der Waals surface area contributed by atoms with Crippen LogP contribution < -0.4 is 5.32 Å². The van der Waals surface area contributed by atoms with Gasteiger partial charge in [-0.05, 0) is 56.1 Å². The predicted octanol–water partition coefficient (Wildman–Crippen LogP) is 3.96. The van der Waals surface area contributed by atoms with Crippen molar-refractivity contribution in [2.75, 3.05) is 11.9 Å². The van der Waals surface area contributed by atoms with Gasteiger partial charge in [0, 0.05) is 5.69 Å². The van der Waals surface area contributed by atoms with Gasteiger partial charge in [-0.3, -0.25) is 19.3 Å². The third-order valence-electron chi connectivity index (χ3n) is 3.66. The standard InChI is InChI=1S/C18H22N2O3S/c1-4-5-6-13-7-9-14(10-8-13)19-15(21)11-20-17(22)16(12(2)3)24-18(20)23/h7-10H,4-6,11H2,1-3H3,(H,19,21). The second-order valence-corrected chi connectivity index (χ2v) is 6.90. The quantitative estimate of drug-likeness (QED) is 0.792. The number of thioether (sulfide) groups is 1. The summed E-state index contributed by atoms with van der Waals surface area (Å²) in [5, 5.41) is 2.33. The van der Waals surface area contributed by atoms with Gasteiger partial charge in [-0.15, -0.1) is 0 Å². The summed E-state index contributed by atoms with van der Waals surface area (Å²) < 4.78 is 0. The Morgan fingerprint density at radius 3 is 2.38 bits per heavy atom. The highest BCUT2D eigenvalue weighted by Gasteiger charge is 2.36. The molecular weight excluding hydrogens is 324 g/mol. The van der Waals surface area contributed by atoms with Crippen LogP contribution in [-0.4, -0.2) is 28.5 Å². The summed E-state index contributed by atoms with van der Waals surface area (Å²) in [6.45, 7) is 5.43. The number of carbonyl (C=O) groups excluding carboxylic acids is 3. The molecule has 128 valence electrons. The molecule has 0 unspecified atom stereocenters. The van der Waals surface area contributed by atoms with E-state index in [-0.39, 0.29) is 12.5 Å². The molecule has 24 heavy (non-hydrogen) atoms. The van der Waals surface area contributed by atoms with Crippen LogP contribution in [0.15, 0.2) is 34.7 Å². The molecule has 0 spiro atoms. The van der Waals surface area contributed by atoms with Gasteiger partial charge in [-0.2, -0.15) is 0 Å². The molecule has 1 N–H and O–H groups in total. The van der Waals surface area contributed by atoms with Crippen LogP contribution in [0.1, 0.15) is 39.2 Å². The molecule has 0 radical (unpaired) electrons. The van der Waals surface area contributed by atoms with Crippen LogP contribution in [0.4, 0.5) is 10.5 Å². The molecule has 0 saturated carbocycles. The fourth-order valence-corrected chi connectivity index (χ4v) is 3.16. The molecule has 1 saturated heterocycles. The Kier molecular flexibility index (Phi) is 6.20. The summed E-state index contributed by atoms with van der Waals surface area (Å²) in [6.07, 6.45) is 3.29. The maximum absolute atomic E-state index is 12.1. The van der Waals surface area contributed by atoms with Crippen molar-refractivity contribution in [3.05, 3.63) is 40.3 Å². The topological polar surface area (TPSA) is 66.5 Å². The molecule has 5 nitrogen and oxygen atoms in total. The SMILES string of the molecule is CCCCc1ccc(NC(=O)CN2C(=O)SC(=C(C)C)C2=O)cc1. The van der Waals surface area contributed by atoms with Crippen molar-refractivity contribution < 1.29 is 14.4 Å². The van der Waals surface area contributed by atoms with E-state index < -0.39 is 11.1 Å². The van der Waals surface area contributed by atoms with Gasteiger partial charge in [0.25, 0.3) is 11.1 Å². The molecule has 0 aliphatic carbocycles. The van der Waals surface area contributed by atoms with Gasteiger partial charge in [0.1, 0.15) is 6.54 Å². The molecule has 1 heterocycles. The Morgan fingerprint density at radius 2 is 1.83 bits per heavy atom. The number of hydrogen-bond donors (Lipinski definition) is 1. The number of rotatable bonds is 6. The van der Waals surface area contributed by atoms with E-state index in [1.165, 1.54) is 5.56 Å². The monoisotopic (exact) mass is 346 g/mol. The van der Waals surface area contributed by atoms with Crippen molar-refractivity contribution in [2.24, 2.45) is 0 Å². The minimum atomic E-state index is -0.402. The number of nitrogens with one attached hydrogen (secondary N) is 1. The minimum absolute atomic E-state index is 0.265. The molecule has 1 fully saturated rings. The molecule has 6 heteroatoms. The van der Waals surface area contributed by atoms with E-state index in [9.17, 15) is 14.4 Å². The van der Waals surface area contributed by atoms with Gasteiger partial charge in [-0.1, -0.05) is 31.1 Å². The summed E-state index contributed by atoms with van der Waals surface area (Å²) in [4.78, 5) is 37.5. The molecule has 0 aromatic heterocycles. The van der Waals surface area contributed by atoms with Crippen LogP contribution in [0.25, 0.3) is 0 Å². The number of allylic oxidation sites excluding steroid dienone is 1. The zero-order chi connectivity index (χ0) is 17.7. The summed E-state index contributed by atoms with van der Waals surface area (Å²) in [6, 6.07) is 7.64. The summed E-state index contributed by atoms with van der Waals surface area (Å²) in [7, 11) is 0. The van der Waals surface area contributed by atoms with E-state index in [1.54, 1.807) is 13.8 Å². The van der Waals surface area contributed by atoms with Crippen molar-refractivity contribution in [2.45, 2.75) is 40.0 Å². The number of nitrogens with zero attached hydrogens (tertiary/aromatic N) is 1. The number of carbonyl (C=O) groups is 3. The number of aryl methyl sites for hydroxylation is 1. The first-order chi connectivity index (χ1) is 11.4. The number of hydrogen-bond acceptors (Lipinski definition) is 4. The van der Waals surface area contributed by atoms with E-state index in [0.717, 1.165) is 41.5 Å². The first kappa shape index (κ1) is 18.3. The molecule has 1 aliphatic heterocycles. The number of anilines is 1. The van der Waals surface area contributed by atoms with Crippen LogP contribution in [0, 0.1) is 0 Å². The first-order valence-electron chi connectivity index (χ1n) is 8.02. The summed E-state index contributed by atoms with van der Waals surface area (Å²) >= 11 is 0.885. The minimum Gasteiger partial charge on any atom is -0.325 e. The van der Waals surface area contributed by atoms with Crippen LogP contribution in [0.5, 0.6) is 0 Å². The van der Waals surface area contributed by atoms with E-state index in [0.29, 0.717) is 10.6 Å². The Balaban J connectivity index is 1.95. The highest BCUT2D eigenvalue weighted by Crippen LogP contribution is 2.32. The Hall–Kier alpha value is -2.08. The second kappa shape index (κ2) is 8.15. The Labute approximate surface area is 146 Å². The normalized spacial score (nSPS) is 14.3. The molecule has 0 atom stereocenters. The third kappa shape index (κ3) is 4.47. The fraction of sp³-hybridized carbons (Fsp3) is 0.389. The van der Waals surface area contributed by atoms with E-state index in [4.69, 9.17) is 0 Å². The van der Waals surface area contributed by atoms with E-state index in [2.05, 4.69) is 12.2 Å². The molecule has 0 bridgehead atoms. The average Bonchev–Trinajstić information content (AvgIpc) is 2.82. The molecule has 3 amide bonds. The smallest absolute Gasteiger partial charge is 0.294 e. The molecule has 2 rings (SSSR count). The highest BCUT2D eigenvalue weighted by molar-refractivity contribution is 8.18. The second-order valence-electron chi connectivity index (χ2n) is 5.94. The van der Waals surface area contributed by atoms with Gasteiger partial charge in [-0.25, -0.2) is 0 Å². The maximum Gasteiger partial charge on any atom is 0.294 e. The van der Waals surface area contributed by atoms with Crippen molar-refractivity contribution in [1.29, 1.82) is 0 Å². The van der Waals surface area contributed by atoms with Crippen LogP contribution >= 0.6 is 11.8 Å². The third-order valence-corrected chi connectivity index (χ3v) is 4.84. The van der Waals surface area contributed by atoms with Crippen molar-refractivity contribution in [3.63, 3.8) is 0 Å². The number of imide groups is 1. The average molecular weight is 346 g/mol. The Bertz CT molecular complexity index is 676. The van der Waals surface area contributed by atoms with Gasteiger partial charge in [0.15, 0.2) is 0 Å². The Morgan fingerprint density at radius 1 is 1.17 bits per heavy atom. The fourth-order valence-electron chi connectivity index (χ4n) is 2.32. The number of benzene rings is 1. The lowest BCUT2D eigenvalue weighted by Crippen LogP contribution is -2.36. The van der Waals surface area contributed by atoms with E-state index in [1.807, 2.05) is 24.3 Å². The number of unbranched alkanes of at least 4 members (excludes halogenated alkanes) is 1.